The van der Waals surface area contributed by atoms with Crippen LogP contribution in [0.5, 0.6) is 17.4 Å². The summed E-state index contributed by atoms with van der Waals surface area (Å²) in [4.78, 5) is 19.9. The number of anilines is 1. The molecule has 3 heterocycles. The SMILES string of the molecule is COc1cc(COc2nn(-c3ccccc3)cc2C=O)ccc1OCc1nc(N2CCCCC2)sc1C. The Morgan fingerprint density at radius 2 is 1.81 bits per heavy atom. The molecule has 1 fully saturated rings. The monoisotopic (exact) mass is 518 g/mol. The van der Waals surface area contributed by atoms with Crippen LogP contribution >= 0.6 is 11.3 Å². The molecule has 0 spiro atoms. The van der Waals surface area contributed by atoms with E-state index in [0.29, 0.717) is 23.7 Å². The normalized spacial score (nSPS) is 13.4. The fourth-order valence-electron chi connectivity index (χ4n) is 4.26. The molecule has 1 aliphatic rings. The third-order valence-corrected chi connectivity index (χ3v) is 7.40. The number of aromatic nitrogens is 3. The number of aldehydes is 1. The smallest absolute Gasteiger partial charge is 0.244 e. The topological polar surface area (TPSA) is 78.7 Å². The van der Waals surface area contributed by atoms with Gasteiger partial charge >= 0.3 is 0 Å². The molecule has 2 aromatic heterocycles. The van der Waals surface area contributed by atoms with E-state index in [0.717, 1.165) is 41.5 Å². The predicted molar refractivity (Wildman–Crippen MR) is 144 cm³/mol. The molecular formula is C28H30N4O4S. The van der Waals surface area contributed by atoms with E-state index in [1.54, 1.807) is 29.3 Å². The molecule has 4 aromatic rings. The molecule has 1 saturated heterocycles. The minimum absolute atomic E-state index is 0.230. The van der Waals surface area contributed by atoms with E-state index < -0.39 is 0 Å². The molecule has 0 radical (unpaired) electrons. The molecule has 0 bridgehead atoms. The van der Waals surface area contributed by atoms with Crippen molar-refractivity contribution < 1.29 is 19.0 Å². The quantitative estimate of drug-likeness (QED) is 0.253. The van der Waals surface area contributed by atoms with Crippen molar-refractivity contribution in [2.24, 2.45) is 0 Å². The summed E-state index contributed by atoms with van der Waals surface area (Å²) in [5.41, 5.74) is 3.06. The minimum Gasteiger partial charge on any atom is -0.493 e. The maximum atomic E-state index is 11.6. The average Bonchev–Trinajstić information content (AvgIpc) is 3.55. The van der Waals surface area contributed by atoms with Gasteiger partial charge in [0, 0.05) is 24.2 Å². The van der Waals surface area contributed by atoms with E-state index in [1.165, 1.54) is 24.1 Å². The minimum atomic E-state index is 0.230. The Kier molecular flexibility index (Phi) is 7.70. The van der Waals surface area contributed by atoms with Crippen LogP contribution in [0.3, 0.4) is 0 Å². The van der Waals surface area contributed by atoms with Gasteiger partial charge in [0.2, 0.25) is 5.88 Å². The van der Waals surface area contributed by atoms with Crippen LogP contribution in [0.25, 0.3) is 5.69 Å². The van der Waals surface area contributed by atoms with E-state index in [1.807, 2.05) is 48.5 Å². The lowest BCUT2D eigenvalue weighted by Crippen LogP contribution is -2.29. The first-order valence-corrected chi connectivity index (χ1v) is 13.2. The predicted octanol–water partition coefficient (Wildman–Crippen LogP) is 5.61. The maximum absolute atomic E-state index is 11.6. The Hall–Kier alpha value is -3.85. The first-order chi connectivity index (χ1) is 18.1. The van der Waals surface area contributed by atoms with Gasteiger partial charge in [0.1, 0.15) is 13.2 Å². The Morgan fingerprint density at radius 1 is 1.00 bits per heavy atom. The number of rotatable bonds is 10. The summed E-state index contributed by atoms with van der Waals surface area (Å²) in [6.07, 6.45) is 6.15. The fraction of sp³-hybridized carbons (Fsp3) is 0.321. The summed E-state index contributed by atoms with van der Waals surface area (Å²) in [6.45, 7) is 4.85. The van der Waals surface area contributed by atoms with Gasteiger partial charge in [-0.25, -0.2) is 9.67 Å². The molecule has 0 N–H and O–H groups in total. The first-order valence-electron chi connectivity index (χ1n) is 12.4. The molecule has 0 aliphatic carbocycles. The lowest BCUT2D eigenvalue weighted by atomic mass is 10.1. The maximum Gasteiger partial charge on any atom is 0.244 e. The van der Waals surface area contributed by atoms with E-state index in [-0.39, 0.29) is 12.5 Å². The third kappa shape index (κ3) is 5.77. The van der Waals surface area contributed by atoms with Crippen LogP contribution in [0.15, 0.2) is 54.7 Å². The summed E-state index contributed by atoms with van der Waals surface area (Å²) < 4.78 is 19.2. The highest BCUT2D eigenvalue weighted by atomic mass is 32.1. The number of carbonyl (C=O) groups excluding carboxylic acids is 1. The second-order valence-electron chi connectivity index (χ2n) is 8.90. The van der Waals surface area contributed by atoms with Crippen molar-refractivity contribution >= 4 is 22.8 Å². The van der Waals surface area contributed by atoms with Crippen molar-refractivity contribution in [3.8, 4) is 23.1 Å². The van der Waals surface area contributed by atoms with Gasteiger partial charge in [0.25, 0.3) is 0 Å². The van der Waals surface area contributed by atoms with Crippen LogP contribution in [0.2, 0.25) is 0 Å². The zero-order valence-corrected chi connectivity index (χ0v) is 21.9. The van der Waals surface area contributed by atoms with Crippen LogP contribution < -0.4 is 19.1 Å². The van der Waals surface area contributed by atoms with Gasteiger partial charge in [-0.15, -0.1) is 16.4 Å². The Labute approximate surface area is 220 Å². The van der Waals surface area contributed by atoms with Crippen molar-refractivity contribution in [3.05, 3.63) is 76.4 Å². The molecule has 0 saturated carbocycles. The molecule has 0 unspecified atom stereocenters. The van der Waals surface area contributed by atoms with Gasteiger partial charge in [-0.05, 0) is 56.0 Å². The molecule has 8 nitrogen and oxygen atoms in total. The van der Waals surface area contributed by atoms with Gasteiger partial charge in [-0.2, -0.15) is 0 Å². The van der Waals surface area contributed by atoms with E-state index in [9.17, 15) is 4.79 Å². The second kappa shape index (κ2) is 11.5. The molecule has 0 atom stereocenters. The number of thiazole rings is 1. The standard InChI is InChI=1S/C28H30N4O4S/c1-20-24(29-28(37-20)31-13-7-4-8-14-31)19-35-25-12-11-21(15-26(25)34-2)18-36-27-22(17-33)16-32(30-27)23-9-5-3-6-10-23/h3,5-6,9-12,15-17H,4,7-8,13-14,18-19H2,1-2H3. The molecule has 192 valence electrons. The second-order valence-corrected chi connectivity index (χ2v) is 10.1. The molecule has 0 amide bonds. The summed E-state index contributed by atoms with van der Waals surface area (Å²) in [6, 6.07) is 15.2. The molecular weight excluding hydrogens is 488 g/mol. The molecule has 1 aliphatic heterocycles. The van der Waals surface area contributed by atoms with Crippen molar-refractivity contribution in [3.63, 3.8) is 0 Å². The Morgan fingerprint density at radius 3 is 2.57 bits per heavy atom. The number of nitrogens with zero attached hydrogens (tertiary/aromatic N) is 4. The van der Waals surface area contributed by atoms with Gasteiger partial charge < -0.3 is 19.1 Å². The first kappa shape index (κ1) is 24.8. The van der Waals surface area contributed by atoms with Crippen LogP contribution in [-0.2, 0) is 13.2 Å². The average molecular weight is 519 g/mol. The fourth-order valence-corrected chi connectivity index (χ4v) is 5.23. The Balaban J connectivity index is 1.23. The number of benzene rings is 2. The van der Waals surface area contributed by atoms with Gasteiger partial charge in [-0.3, -0.25) is 4.79 Å². The molecule has 37 heavy (non-hydrogen) atoms. The summed E-state index contributed by atoms with van der Waals surface area (Å²) in [5.74, 6) is 1.53. The third-order valence-electron chi connectivity index (χ3n) is 6.33. The van der Waals surface area contributed by atoms with Crippen LogP contribution in [0.4, 0.5) is 5.13 Å². The zero-order chi connectivity index (χ0) is 25.6. The van der Waals surface area contributed by atoms with Gasteiger partial charge in [0.05, 0.1) is 24.1 Å². The van der Waals surface area contributed by atoms with Crippen LogP contribution in [-0.4, -0.2) is 41.2 Å². The number of para-hydroxylation sites is 1. The van der Waals surface area contributed by atoms with E-state index >= 15 is 0 Å². The highest BCUT2D eigenvalue weighted by molar-refractivity contribution is 7.15. The van der Waals surface area contributed by atoms with Crippen molar-refractivity contribution in [1.29, 1.82) is 0 Å². The highest BCUT2D eigenvalue weighted by Gasteiger charge is 2.18. The largest absolute Gasteiger partial charge is 0.493 e. The zero-order valence-electron chi connectivity index (χ0n) is 21.1. The summed E-state index contributed by atoms with van der Waals surface area (Å²) >= 11 is 1.73. The summed E-state index contributed by atoms with van der Waals surface area (Å²) in [5, 5.41) is 5.51. The van der Waals surface area contributed by atoms with Crippen molar-refractivity contribution in [1.82, 2.24) is 14.8 Å². The number of methoxy groups -OCH3 is 1. The lowest BCUT2D eigenvalue weighted by Gasteiger charge is -2.25. The molecule has 5 rings (SSSR count). The van der Waals surface area contributed by atoms with Crippen LogP contribution in [0.1, 0.15) is 45.8 Å². The van der Waals surface area contributed by atoms with E-state index in [2.05, 4.69) is 16.9 Å². The number of piperidine rings is 1. The van der Waals surface area contributed by atoms with Gasteiger partial charge in [0.15, 0.2) is 22.9 Å². The van der Waals surface area contributed by atoms with E-state index in [4.69, 9.17) is 19.2 Å². The van der Waals surface area contributed by atoms with Crippen molar-refractivity contribution in [2.45, 2.75) is 39.4 Å². The number of aryl methyl sites for hydroxylation is 1. The number of hydrogen-bond donors (Lipinski definition) is 0. The summed E-state index contributed by atoms with van der Waals surface area (Å²) in [7, 11) is 1.61. The number of ether oxygens (including phenoxy) is 3. The lowest BCUT2D eigenvalue weighted by molar-refractivity contribution is 0.111. The Bertz CT molecular complexity index is 1350. The van der Waals surface area contributed by atoms with Crippen molar-refractivity contribution in [2.75, 3.05) is 25.1 Å². The molecule has 2 aromatic carbocycles. The van der Waals surface area contributed by atoms with Crippen LogP contribution in [0, 0.1) is 6.92 Å². The number of hydrogen-bond acceptors (Lipinski definition) is 8. The molecule has 9 heteroatoms. The number of carbonyl (C=O) groups is 1. The van der Waals surface area contributed by atoms with Gasteiger partial charge in [-0.1, -0.05) is 24.3 Å². The highest BCUT2D eigenvalue weighted by Crippen LogP contribution is 2.32.